The lowest BCUT2D eigenvalue weighted by atomic mass is 10.2. The van der Waals surface area contributed by atoms with Gasteiger partial charge in [-0.25, -0.2) is 4.39 Å². The molecule has 0 radical (unpaired) electrons. The van der Waals surface area contributed by atoms with Gasteiger partial charge < -0.3 is 11.1 Å². The van der Waals surface area contributed by atoms with Crippen LogP contribution in [0.2, 0.25) is 0 Å². The minimum absolute atomic E-state index is 0.200. The fraction of sp³-hybridized carbons (Fsp3) is 0. The lowest BCUT2D eigenvalue weighted by Crippen LogP contribution is -2.14. The largest absolute Gasteiger partial charge is 0.399 e. The Morgan fingerprint density at radius 2 is 2.11 bits per heavy atom. The second-order valence-corrected chi connectivity index (χ2v) is 4.41. The number of rotatable bonds is 2. The van der Waals surface area contributed by atoms with E-state index in [2.05, 4.69) is 26.2 Å². The summed E-state index contributed by atoms with van der Waals surface area (Å²) in [6, 6.07) is 7.04. The van der Waals surface area contributed by atoms with Crippen molar-refractivity contribution in [3.8, 4) is 0 Å². The van der Waals surface area contributed by atoms with Crippen LogP contribution in [0.15, 0.2) is 41.0 Å². The summed E-state index contributed by atoms with van der Waals surface area (Å²) < 4.78 is 13.3. The Kier molecular flexibility index (Phi) is 3.57. The molecule has 92 valence electrons. The molecular formula is C12H9BrFN3O. The van der Waals surface area contributed by atoms with E-state index in [-0.39, 0.29) is 11.5 Å². The van der Waals surface area contributed by atoms with Crippen LogP contribution in [-0.4, -0.2) is 10.9 Å². The fourth-order valence-corrected chi connectivity index (χ4v) is 1.80. The number of carbonyl (C=O) groups excluding carboxylic acids is 1. The Labute approximate surface area is 111 Å². The number of nitrogens with two attached hydrogens (primary N) is 1. The van der Waals surface area contributed by atoms with Gasteiger partial charge in [-0.1, -0.05) is 0 Å². The molecule has 0 saturated carbocycles. The van der Waals surface area contributed by atoms with Crippen molar-refractivity contribution in [1.29, 1.82) is 0 Å². The highest BCUT2D eigenvalue weighted by Gasteiger charge is 2.10. The van der Waals surface area contributed by atoms with E-state index in [9.17, 15) is 9.18 Å². The van der Waals surface area contributed by atoms with Gasteiger partial charge in [-0.05, 0) is 46.3 Å². The molecule has 0 aliphatic carbocycles. The first-order chi connectivity index (χ1) is 8.56. The summed E-state index contributed by atoms with van der Waals surface area (Å²) in [7, 11) is 0. The number of anilines is 2. The summed E-state index contributed by atoms with van der Waals surface area (Å²) in [5.41, 5.74) is 6.68. The van der Waals surface area contributed by atoms with Gasteiger partial charge in [0.05, 0.1) is 5.69 Å². The average molecular weight is 310 g/mol. The molecule has 3 N–H and O–H groups in total. The minimum Gasteiger partial charge on any atom is -0.399 e. The predicted octanol–water partition coefficient (Wildman–Crippen LogP) is 2.82. The van der Waals surface area contributed by atoms with E-state index in [1.54, 1.807) is 6.07 Å². The van der Waals surface area contributed by atoms with Gasteiger partial charge in [-0.2, -0.15) is 0 Å². The highest BCUT2D eigenvalue weighted by molar-refractivity contribution is 9.10. The standard InChI is InChI=1S/C12H9BrFN3O/c13-9-5-7(14)1-2-10(9)17-12(18)11-6-8(15)3-4-16-11/h1-6H,(H2,15,16)(H,17,18). The first-order valence-electron chi connectivity index (χ1n) is 5.04. The van der Waals surface area contributed by atoms with Gasteiger partial charge in [0.1, 0.15) is 11.5 Å². The van der Waals surface area contributed by atoms with Crippen LogP contribution in [-0.2, 0) is 0 Å². The Morgan fingerprint density at radius 3 is 2.78 bits per heavy atom. The van der Waals surface area contributed by atoms with Gasteiger partial charge in [0.15, 0.2) is 0 Å². The molecular weight excluding hydrogens is 301 g/mol. The number of nitrogen functional groups attached to an aromatic ring is 1. The summed E-state index contributed by atoms with van der Waals surface area (Å²) in [5, 5.41) is 2.61. The third kappa shape index (κ3) is 2.84. The third-order valence-corrected chi connectivity index (χ3v) is 2.85. The smallest absolute Gasteiger partial charge is 0.274 e. The normalized spacial score (nSPS) is 10.1. The average Bonchev–Trinajstić information content (AvgIpc) is 2.32. The van der Waals surface area contributed by atoms with Crippen molar-refractivity contribution in [2.75, 3.05) is 11.1 Å². The van der Waals surface area contributed by atoms with Crippen LogP contribution in [0.25, 0.3) is 0 Å². The number of aromatic nitrogens is 1. The van der Waals surface area contributed by atoms with E-state index in [0.717, 1.165) is 0 Å². The number of benzene rings is 1. The maximum atomic E-state index is 12.9. The van der Waals surface area contributed by atoms with Gasteiger partial charge in [-0.15, -0.1) is 0 Å². The number of amides is 1. The maximum Gasteiger partial charge on any atom is 0.274 e. The van der Waals surface area contributed by atoms with E-state index in [1.807, 2.05) is 0 Å². The lowest BCUT2D eigenvalue weighted by molar-refractivity contribution is 0.102. The highest BCUT2D eigenvalue weighted by Crippen LogP contribution is 2.23. The summed E-state index contributed by atoms with van der Waals surface area (Å²) in [6.45, 7) is 0. The fourth-order valence-electron chi connectivity index (χ4n) is 1.35. The van der Waals surface area contributed by atoms with Gasteiger partial charge >= 0.3 is 0 Å². The van der Waals surface area contributed by atoms with E-state index in [0.29, 0.717) is 15.8 Å². The molecule has 1 aromatic carbocycles. The predicted molar refractivity (Wildman–Crippen MR) is 70.7 cm³/mol. The van der Waals surface area contributed by atoms with Crippen molar-refractivity contribution in [3.05, 3.63) is 52.5 Å². The molecule has 0 aliphatic heterocycles. The molecule has 0 unspecified atom stereocenters. The van der Waals surface area contributed by atoms with E-state index < -0.39 is 5.91 Å². The van der Waals surface area contributed by atoms with Crippen molar-refractivity contribution >= 4 is 33.2 Å². The van der Waals surface area contributed by atoms with Crippen LogP contribution < -0.4 is 11.1 Å². The molecule has 18 heavy (non-hydrogen) atoms. The quantitative estimate of drug-likeness (QED) is 0.896. The van der Waals surface area contributed by atoms with Crippen LogP contribution >= 0.6 is 15.9 Å². The molecule has 2 aromatic rings. The summed E-state index contributed by atoms with van der Waals surface area (Å²) in [6.07, 6.45) is 1.45. The molecule has 0 bridgehead atoms. The molecule has 1 amide bonds. The van der Waals surface area contributed by atoms with Crippen LogP contribution in [0.1, 0.15) is 10.5 Å². The Bertz CT molecular complexity index is 604. The molecule has 0 saturated heterocycles. The number of hydrogen-bond donors (Lipinski definition) is 2. The SMILES string of the molecule is Nc1ccnc(C(=O)Nc2ccc(F)cc2Br)c1. The van der Waals surface area contributed by atoms with Crippen molar-refractivity contribution in [1.82, 2.24) is 4.98 Å². The van der Waals surface area contributed by atoms with Gasteiger partial charge in [0, 0.05) is 16.4 Å². The van der Waals surface area contributed by atoms with E-state index >= 15 is 0 Å². The highest BCUT2D eigenvalue weighted by atomic mass is 79.9. The number of halogens is 2. The zero-order chi connectivity index (χ0) is 13.1. The van der Waals surface area contributed by atoms with Gasteiger partial charge in [0.2, 0.25) is 0 Å². The monoisotopic (exact) mass is 309 g/mol. The van der Waals surface area contributed by atoms with E-state index in [1.165, 1.54) is 30.5 Å². The Morgan fingerprint density at radius 1 is 1.33 bits per heavy atom. The summed E-state index contributed by atoms with van der Waals surface area (Å²) >= 11 is 3.16. The number of nitrogens with one attached hydrogen (secondary N) is 1. The van der Waals surface area contributed by atoms with Crippen molar-refractivity contribution < 1.29 is 9.18 Å². The van der Waals surface area contributed by atoms with Crippen molar-refractivity contribution in [2.24, 2.45) is 0 Å². The number of pyridine rings is 1. The maximum absolute atomic E-state index is 12.9. The van der Waals surface area contributed by atoms with Crippen LogP contribution in [0.3, 0.4) is 0 Å². The summed E-state index contributed by atoms with van der Waals surface area (Å²) in [4.78, 5) is 15.8. The molecule has 0 aliphatic rings. The molecule has 1 heterocycles. The number of nitrogens with zero attached hydrogens (tertiary/aromatic N) is 1. The van der Waals surface area contributed by atoms with Crippen LogP contribution in [0.4, 0.5) is 15.8 Å². The lowest BCUT2D eigenvalue weighted by Gasteiger charge is -2.07. The molecule has 0 atom stereocenters. The minimum atomic E-state index is -0.408. The summed E-state index contributed by atoms with van der Waals surface area (Å²) in [5.74, 6) is -0.795. The van der Waals surface area contributed by atoms with Crippen molar-refractivity contribution in [3.63, 3.8) is 0 Å². The Balaban J connectivity index is 2.21. The zero-order valence-corrected chi connectivity index (χ0v) is 10.7. The molecule has 6 heteroatoms. The second-order valence-electron chi connectivity index (χ2n) is 3.55. The van der Waals surface area contributed by atoms with E-state index in [4.69, 9.17) is 5.73 Å². The topological polar surface area (TPSA) is 68.0 Å². The van der Waals surface area contributed by atoms with Crippen LogP contribution in [0, 0.1) is 5.82 Å². The molecule has 4 nitrogen and oxygen atoms in total. The van der Waals surface area contributed by atoms with Crippen molar-refractivity contribution in [2.45, 2.75) is 0 Å². The Hall–Kier alpha value is -1.95. The second kappa shape index (κ2) is 5.14. The number of hydrogen-bond acceptors (Lipinski definition) is 3. The van der Waals surface area contributed by atoms with Gasteiger partial charge in [-0.3, -0.25) is 9.78 Å². The zero-order valence-electron chi connectivity index (χ0n) is 9.15. The molecule has 0 fully saturated rings. The first-order valence-corrected chi connectivity index (χ1v) is 5.83. The molecule has 0 spiro atoms. The molecule has 2 rings (SSSR count). The van der Waals surface area contributed by atoms with Gasteiger partial charge in [0.25, 0.3) is 5.91 Å². The third-order valence-electron chi connectivity index (χ3n) is 2.20. The first kappa shape index (κ1) is 12.5. The number of carbonyl (C=O) groups is 1. The van der Waals surface area contributed by atoms with Crippen LogP contribution in [0.5, 0.6) is 0 Å². The molecule has 1 aromatic heterocycles.